The Balaban J connectivity index is 1.85. The zero-order valence-electron chi connectivity index (χ0n) is 17.3. The highest BCUT2D eigenvalue weighted by Crippen LogP contribution is 2.26. The van der Waals surface area contributed by atoms with E-state index in [-0.39, 0.29) is 11.3 Å². The summed E-state index contributed by atoms with van der Waals surface area (Å²) in [5.74, 6) is -0.562. The molecule has 1 atom stereocenters. The van der Waals surface area contributed by atoms with Gasteiger partial charge >= 0.3 is 5.97 Å². The zero-order chi connectivity index (χ0) is 21.9. The molecule has 2 heterocycles. The van der Waals surface area contributed by atoms with Crippen molar-refractivity contribution in [2.24, 2.45) is 5.73 Å². The molecular formula is C20H28N4O5S. The summed E-state index contributed by atoms with van der Waals surface area (Å²) in [4.78, 5) is 27.9. The molecule has 1 unspecified atom stereocenters. The third kappa shape index (κ3) is 4.65. The summed E-state index contributed by atoms with van der Waals surface area (Å²) in [7, 11) is -3.53. The fraction of sp³-hybridized carbons (Fsp3) is 0.550. The Bertz CT molecular complexity index is 1040. The van der Waals surface area contributed by atoms with Gasteiger partial charge in [-0.1, -0.05) is 6.92 Å². The van der Waals surface area contributed by atoms with E-state index in [0.717, 1.165) is 24.8 Å². The number of hydrogen-bond donors (Lipinski definition) is 1. The van der Waals surface area contributed by atoms with Crippen molar-refractivity contribution in [2.45, 2.75) is 63.5 Å². The molecule has 9 nitrogen and oxygen atoms in total. The zero-order valence-corrected chi connectivity index (χ0v) is 18.2. The second kappa shape index (κ2) is 9.13. The van der Waals surface area contributed by atoms with Gasteiger partial charge in [-0.15, -0.1) is 0 Å². The minimum Gasteiger partial charge on any atom is -0.453 e. The highest BCUT2D eigenvalue weighted by atomic mass is 32.2. The van der Waals surface area contributed by atoms with E-state index in [2.05, 4.69) is 4.98 Å². The molecule has 0 aliphatic carbocycles. The Morgan fingerprint density at radius 2 is 1.97 bits per heavy atom. The van der Waals surface area contributed by atoms with Gasteiger partial charge in [0.2, 0.25) is 10.0 Å². The van der Waals surface area contributed by atoms with Gasteiger partial charge in [-0.05, 0) is 44.4 Å². The molecule has 3 rings (SSSR count). The molecule has 1 fully saturated rings. The second-order valence-electron chi connectivity index (χ2n) is 7.48. The number of hydrogen-bond acceptors (Lipinski definition) is 6. The minimum atomic E-state index is -3.53. The van der Waals surface area contributed by atoms with Crippen molar-refractivity contribution in [2.75, 3.05) is 13.1 Å². The summed E-state index contributed by atoms with van der Waals surface area (Å²) in [6, 6.07) is 5.00. The number of nitrogens with two attached hydrogens (primary N) is 1. The first kappa shape index (κ1) is 22.2. The molecule has 1 aromatic heterocycles. The van der Waals surface area contributed by atoms with Gasteiger partial charge < -0.3 is 15.0 Å². The molecule has 164 valence electrons. The van der Waals surface area contributed by atoms with Crippen LogP contribution in [-0.2, 0) is 37.3 Å². The number of primary amides is 1. The summed E-state index contributed by atoms with van der Waals surface area (Å²) >= 11 is 0. The first-order valence-corrected chi connectivity index (χ1v) is 11.7. The number of benzene rings is 1. The molecule has 2 N–H and O–H groups in total. The van der Waals surface area contributed by atoms with Crippen LogP contribution in [-0.4, -0.2) is 53.3 Å². The van der Waals surface area contributed by atoms with E-state index in [1.807, 2.05) is 11.5 Å². The number of fused-ring (bicyclic) bond motifs is 1. The van der Waals surface area contributed by atoms with Crippen molar-refractivity contribution < 1.29 is 22.7 Å². The standard InChI is InChI=1S/C20H28N4O5S/c1-3-10-24-17-7-6-15(30(27,28)23-11-4-5-12-23)13-16(17)22-18(24)8-9-19(25)29-14(2)20(21)26/h6-7,13-14H,3-5,8-12H2,1-2H3,(H2,21,26). The number of aryl methyl sites for hydroxylation is 2. The summed E-state index contributed by atoms with van der Waals surface area (Å²) in [6.45, 7) is 5.24. The van der Waals surface area contributed by atoms with Gasteiger partial charge in [0, 0.05) is 26.1 Å². The molecule has 0 bridgehead atoms. The fourth-order valence-corrected chi connectivity index (χ4v) is 5.13. The van der Waals surface area contributed by atoms with Crippen LogP contribution in [0.25, 0.3) is 11.0 Å². The highest BCUT2D eigenvalue weighted by molar-refractivity contribution is 7.89. The molecule has 0 radical (unpaired) electrons. The van der Waals surface area contributed by atoms with Crippen LogP contribution in [0.2, 0.25) is 0 Å². The lowest BCUT2D eigenvalue weighted by Gasteiger charge is -2.15. The van der Waals surface area contributed by atoms with E-state index < -0.39 is 28.0 Å². The van der Waals surface area contributed by atoms with E-state index in [9.17, 15) is 18.0 Å². The van der Waals surface area contributed by atoms with Crippen molar-refractivity contribution >= 4 is 32.9 Å². The number of sulfonamides is 1. The van der Waals surface area contributed by atoms with E-state index in [0.29, 0.717) is 37.4 Å². The van der Waals surface area contributed by atoms with Crippen molar-refractivity contribution in [1.29, 1.82) is 0 Å². The molecule has 2 aromatic rings. The van der Waals surface area contributed by atoms with Crippen LogP contribution in [0, 0.1) is 0 Å². The first-order chi connectivity index (χ1) is 14.2. The number of aromatic nitrogens is 2. The summed E-state index contributed by atoms with van der Waals surface area (Å²) in [5.41, 5.74) is 6.52. The molecule has 0 saturated carbocycles. The Hall–Kier alpha value is -2.46. The van der Waals surface area contributed by atoms with Crippen LogP contribution in [0.15, 0.2) is 23.1 Å². The molecule has 1 aliphatic heterocycles. The predicted octanol–water partition coefficient (Wildman–Crippen LogP) is 1.58. The maximum Gasteiger partial charge on any atom is 0.307 e. The first-order valence-electron chi connectivity index (χ1n) is 10.2. The van der Waals surface area contributed by atoms with Crippen molar-refractivity contribution in [3.63, 3.8) is 0 Å². The summed E-state index contributed by atoms with van der Waals surface area (Å²) < 4.78 is 34.2. The molecule has 1 amide bonds. The second-order valence-corrected chi connectivity index (χ2v) is 9.41. The molecule has 1 aromatic carbocycles. The number of esters is 1. The SMILES string of the molecule is CCCn1c(CCC(=O)OC(C)C(N)=O)nc2cc(S(=O)(=O)N3CCCC3)ccc21. The van der Waals surface area contributed by atoms with Gasteiger partial charge in [-0.25, -0.2) is 13.4 Å². The average Bonchev–Trinajstić information content (AvgIpc) is 3.35. The molecule has 0 spiro atoms. The van der Waals surface area contributed by atoms with Gasteiger partial charge in [-0.2, -0.15) is 4.31 Å². The fourth-order valence-electron chi connectivity index (χ4n) is 3.59. The number of ether oxygens (including phenoxy) is 1. The van der Waals surface area contributed by atoms with Crippen molar-refractivity contribution in [1.82, 2.24) is 13.9 Å². The summed E-state index contributed by atoms with van der Waals surface area (Å²) in [6.07, 6.45) is 1.99. The van der Waals surface area contributed by atoms with Crippen LogP contribution < -0.4 is 5.73 Å². The van der Waals surface area contributed by atoms with Crippen LogP contribution >= 0.6 is 0 Å². The third-order valence-electron chi connectivity index (χ3n) is 5.21. The smallest absolute Gasteiger partial charge is 0.307 e. The quantitative estimate of drug-likeness (QED) is 0.595. The van der Waals surface area contributed by atoms with Gasteiger partial charge in [0.1, 0.15) is 5.82 Å². The highest BCUT2D eigenvalue weighted by Gasteiger charge is 2.28. The maximum atomic E-state index is 12.9. The Labute approximate surface area is 176 Å². The van der Waals surface area contributed by atoms with Crippen LogP contribution in [0.4, 0.5) is 0 Å². The lowest BCUT2D eigenvalue weighted by Crippen LogP contribution is -2.30. The average molecular weight is 437 g/mol. The molecule has 1 aliphatic rings. The van der Waals surface area contributed by atoms with Gasteiger partial charge in [0.05, 0.1) is 22.3 Å². The lowest BCUT2D eigenvalue weighted by atomic mass is 10.3. The topological polar surface area (TPSA) is 125 Å². The number of rotatable bonds is 9. The summed E-state index contributed by atoms with van der Waals surface area (Å²) in [5, 5.41) is 0. The van der Waals surface area contributed by atoms with Gasteiger partial charge in [-0.3, -0.25) is 9.59 Å². The normalized spacial score (nSPS) is 16.1. The number of amides is 1. The van der Waals surface area contributed by atoms with Gasteiger partial charge in [0.25, 0.3) is 5.91 Å². The number of imidazole rings is 1. The largest absolute Gasteiger partial charge is 0.453 e. The van der Waals surface area contributed by atoms with E-state index in [1.165, 1.54) is 11.2 Å². The van der Waals surface area contributed by atoms with E-state index in [4.69, 9.17) is 10.5 Å². The van der Waals surface area contributed by atoms with E-state index in [1.54, 1.807) is 18.2 Å². The minimum absolute atomic E-state index is 0.0452. The van der Waals surface area contributed by atoms with Crippen molar-refractivity contribution in [3.8, 4) is 0 Å². The Kier molecular flexibility index (Phi) is 6.77. The third-order valence-corrected chi connectivity index (χ3v) is 7.11. The molecule has 30 heavy (non-hydrogen) atoms. The molecule has 10 heteroatoms. The Morgan fingerprint density at radius 1 is 1.27 bits per heavy atom. The van der Waals surface area contributed by atoms with Gasteiger partial charge in [0.15, 0.2) is 6.10 Å². The predicted molar refractivity (Wildman–Crippen MR) is 111 cm³/mol. The van der Waals surface area contributed by atoms with Crippen LogP contribution in [0.3, 0.4) is 0 Å². The monoisotopic (exact) mass is 436 g/mol. The van der Waals surface area contributed by atoms with Crippen molar-refractivity contribution in [3.05, 3.63) is 24.0 Å². The lowest BCUT2D eigenvalue weighted by molar-refractivity contribution is -0.153. The van der Waals surface area contributed by atoms with Crippen LogP contribution in [0.1, 0.15) is 45.4 Å². The number of carbonyl (C=O) groups excluding carboxylic acids is 2. The number of carbonyl (C=O) groups is 2. The molecule has 1 saturated heterocycles. The molecular weight excluding hydrogens is 408 g/mol. The van der Waals surface area contributed by atoms with Crippen LogP contribution in [0.5, 0.6) is 0 Å². The number of nitrogens with zero attached hydrogens (tertiary/aromatic N) is 3. The maximum absolute atomic E-state index is 12.9. The van der Waals surface area contributed by atoms with E-state index >= 15 is 0 Å². The Morgan fingerprint density at radius 3 is 2.60 bits per heavy atom.